The van der Waals surface area contributed by atoms with E-state index < -0.39 is 0 Å². The Morgan fingerprint density at radius 2 is 1.96 bits per heavy atom. The van der Waals surface area contributed by atoms with Gasteiger partial charge in [-0.2, -0.15) is 0 Å². The number of thiazole rings is 1. The molecule has 1 aliphatic rings. The van der Waals surface area contributed by atoms with Gasteiger partial charge in [0.05, 0.1) is 22.4 Å². The van der Waals surface area contributed by atoms with E-state index in [1.54, 1.807) is 17.7 Å². The van der Waals surface area contributed by atoms with Gasteiger partial charge in [0, 0.05) is 12.6 Å². The molecule has 5 rings (SSSR count). The molecule has 26 heavy (non-hydrogen) atoms. The highest BCUT2D eigenvalue weighted by Gasteiger charge is 2.26. The van der Waals surface area contributed by atoms with Crippen molar-refractivity contribution in [2.75, 3.05) is 5.32 Å². The molecular formula is C19H18N6S. The molecule has 130 valence electrons. The van der Waals surface area contributed by atoms with Crippen LogP contribution in [0.2, 0.25) is 0 Å². The summed E-state index contributed by atoms with van der Waals surface area (Å²) in [4.78, 5) is 18.9. The van der Waals surface area contributed by atoms with Gasteiger partial charge in [0.25, 0.3) is 0 Å². The van der Waals surface area contributed by atoms with Crippen molar-refractivity contribution < 1.29 is 0 Å². The fourth-order valence-corrected chi connectivity index (χ4v) is 3.95. The van der Waals surface area contributed by atoms with Crippen LogP contribution in [0.25, 0.3) is 21.6 Å². The maximum atomic E-state index is 4.52. The summed E-state index contributed by atoms with van der Waals surface area (Å²) in [7, 11) is 0. The van der Waals surface area contributed by atoms with E-state index in [2.05, 4.69) is 54.1 Å². The first-order valence-corrected chi connectivity index (χ1v) is 9.58. The zero-order valence-corrected chi connectivity index (χ0v) is 15.2. The van der Waals surface area contributed by atoms with Gasteiger partial charge in [-0.25, -0.2) is 19.9 Å². The second-order valence-corrected chi connectivity index (χ2v) is 7.45. The molecule has 3 heterocycles. The van der Waals surface area contributed by atoms with Crippen LogP contribution in [0.3, 0.4) is 0 Å². The van der Waals surface area contributed by atoms with Gasteiger partial charge in [-0.15, -0.1) is 11.3 Å². The van der Waals surface area contributed by atoms with Crippen molar-refractivity contribution >= 4 is 28.3 Å². The Kier molecular flexibility index (Phi) is 3.67. The fourth-order valence-electron chi connectivity index (χ4n) is 3.14. The Balaban J connectivity index is 1.35. The van der Waals surface area contributed by atoms with Crippen molar-refractivity contribution in [1.82, 2.24) is 24.5 Å². The first-order valence-electron chi connectivity index (χ1n) is 8.70. The molecule has 1 aliphatic carbocycles. The van der Waals surface area contributed by atoms with E-state index in [4.69, 9.17) is 0 Å². The highest BCUT2D eigenvalue weighted by Crippen LogP contribution is 2.37. The largest absolute Gasteiger partial charge is 0.364 e. The smallest absolute Gasteiger partial charge is 0.165 e. The molecule has 7 heteroatoms. The lowest BCUT2D eigenvalue weighted by molar-refractivity contribution is 0.756. The molecule has 0 saturated heterocycles. The van der Waals surface area contributed by atoms with Crippen molar-refractivity contribution in [2.45, 2.75) is 32.4 Å². The van der Waals surface area contributed by atoms with E-state index >= 15 is 0 Å². The van der Waals surface area contributed by atoms with E-state index in [-0.39, 0.29) is 0 Å². The van der Waals surface area contributed by atoms with Crippen molar-refractivity contribution in [1.29, 1.82) is 0 Å². The zero-order chi connectivity index (χ0) is 17.5. The molecule has 1 N–H and O–H groups in total. The number of nitrogens with one attached hydrogen (secondary N) is 1. The molecule has 0 radical (unpaired) electrons. The van der Waals surface area contributed by atoms with E-state index in [0.717, 1.165) is 22.7 Å². The van der Waals surface area contributed by atoms with Crippen molar-refractivity contribution in [2.24, 2.45) is 0 Å². The summed E-state index contributed by atoms with van der Waals surface area (Å²) in [5.41, 5.74) is 7.14. The quantitative estimate of drug-likeness (QED) is 0.576. The third-order valence-corrected chi connectivity index (χ3v) is 5.70. The number of rotatable bonds is 5. The molecule has 0 spiro atoms. The summed E-state index contributed by atoms with van der Waals surface area (Å²) in [5.74, 6) is 0.789. The predicted octanol–water partition coefficient (Wildman–Crippen LogP) is 4.21. The highest BCUT2D eigenvalue weighted by molar-refractivity contribution is 7.13. The molecule has 1 fully saturated rings. The fraction of sp³-hybridized carbons (Fsp3) is 0.263. The van der Waals surface area contributed by atoms with Gasteiger partial charge in [0.15, 0.2) is 11.5 Å². The Morgan fingerprint density at radius 1 is 1.12 bits per heavy atom. The van der Waals surface area contributed by atoms with E-state index in [1.807, 2.05) is 18.8 Å². The monoisotopic (exact) mass is 362 g/mol. The van der Waals surface area contributed by atoms with Gasteiger partial charge >= 0.3 is 0 Å². The second kappa shape index (κ2) is 6.17. The average Bonchev–Trinajstić information content (AvgIpc) is 3.27. The van der Waals surface area contributed by atoms with Crippen LogP contribution in [0.5, 0.6) is 0 Å². The van der Waals surface area contributed by atoms with Crippen LogP contribution < -0.4 is 5.32 Å². The minimum atomic E-state index is 0.561. The summed E-state index contributed by atoms with van der Waals surface area (Å²) < 4.78 is 2.16. The number of hydrogen-bond donors (Lipinski definition) is 1. The number of hydrogen-bond acceptors (Lipinski definition) is 6. The molecule has 0 aliphatic heterocycles. The molecule has 0 atom stereocenters. The van der Waals surface area contributed by atoms with E-state index in [0.29, 0.717) is 12.6 Å². The first-order chi connectivity index (χ1) is 12.8. The van der Waals surface area contributed by atoms with E-state index in [9.17, 15) is 0 Å². The number of nitrogens with zero attached hydrogens (tertiary/aromatic N) is 5. The van der Waals surface area contributed by atoms with Gasteiger partial charge in [0.2, 0.25) is 0 Å². The number of fused-ring (bicyclic) bond motifs is 1. The molecule has 6 nitrogen and oxygen atoms in total. The number of imidazole rings is 1. The van der Waals surface area contributed by atoms with Gasteiger partial charge in [0.1, 0.15) is 11.8 Å². The lowest BCUT2D eigenvalue weighted by Crippen LogP contribution is -2.03. The Bertz CT molecular complexity index is 1060. The predicted molar refractivity (Wildman–Crippen MR) is 103 cm³/mol. The van der Waals surface area contributed by atoms with Gasteiger partial charge in [-0.1, -0.05) is 24.3 Å². The highest BCUT2D eigenvalue weighted by atomic mass is 32.1. The Labute approximate surface area is 155 Å². The number of benzene rings is 1. The van der Waals surface area contributed by atoms with Crippen molar-refractivity contribution in [3.63, 3.8) is 0 Å². The summed E-state index contributed by atoms with van der Waals surface area (Å²) in [6, 6.07) is 9.14. The number of aryl methyl sites for hydroxylation is 1. The third kappa shape index (κ3) is 2.74. The maximum Gasteiger partial charge on any atom is 0.165 e. The normalized spacial score (nSPS) is 14.0. The minimum absolute atomic E-state index is 0.561. The standard InChI is InChI=1S/C19H18N6S/c1-12-17(26-11-24-12)14-4-2-13(3-5-14)8-20-18-16-19(22-9-21-18)25(10-23-16)15-6-7-15/h2-5,9-11,15H,6-8H2,1H3,(H,20,21,22). The minimum Gasteiger partial charge on any atom is -0.364 e. The second-order valence-electron chi connectivity index (χ2n) is 6.59. The summed E-state index contributed by atoms with van der Waals surface area (Å²) in [6.07, 6.45) is 5.92. The van der Waals surface area contributed by atoms with Crippen LogP contribution >= 0.6 is 11.3 Å². The van der Waals surface area contributed by atoms with Crippen molar-refractivity contribution in [3.8, 4) is 10.4 Å². The topological polar surface area (TPSA) is 68.5 Å². The summed E-state index contributed by atoms with van der Waals surface area (Å²) in [6.45, 7) is 2.74. The molecule has 0 unspecified atom stereocenters. The maximum absolute atomic E-state index is 4.52. The molecule has 0 bridgehead atoms. The molecule has 1 saturated carbocycles. The molecule has 3 aromatic heterocycles. The SMILES string of the molecule is Cc1ncsc1-c1ccc(CNc2ncnc3c2ncn3C2CC2)cc1. The Morgan fingerprint density at radius 3 is 2.69 bits per heavy atom. The van der Waals surface area contributed by atoms with Crippen LogP contribution in [-0.2, 0) is 6.54 Å². The molecule has 0 amide bonds. The molecule has 1 aromatic carbocycles. The first kappa shape index (κ1) is 15.5. The Hall–Kier alpha value is -2.80. The van der Waals surface area contributed by atoms with Crippen LogP contribution in [0.1, 0.15) is 30.1 Å². The lowest BCUT2D eigenvalue weighted by Gasteiger charge is -2.07. The summed E-state index contributed by atoms with van der Waals surface area (Å²) in [5, 5.41) is 3.41. The molecule has 4 aromatic rings. The average molecular weight is 362 g/mol. The number of aromatic nitrogens is 5. The van der Waals surface area contributed by atoms with Crippen LogP contribution in [0.4, 0.5) is 5.82 Å². The van der Waals surface area contributed by atoms with Crippen LogP contribution in [0, 0.1) is 6.92 Å². The number of anilines is 1. The summed E-state index contributed by atoms with van der Waals surface area (Å²) >= 11 is 1.68. The van der Waals surface area contributed by atoms with Gasteiger partial charge in [-0.05, 0) is 30.9 Å². The third-order valence-electron chi connectivity index (χ3n) is 4.72. The van der Waals surface area contributed by atoms with Gasteiger partial charge in [-0.3, -0.25) is 0 Å². The van der Waals surface area contributed by atoms with Crippen LogP contribution in [0.15, 0.2) is 42.4 Å². The van der Waals surface area contributed by atoms with Crippen molar-refractivity contribution in [3.05, 3.63) is 53.7 Å². The lowest BCUT2D eigenvalue weighted by atomic mass is 10.1. The van der Waals surface area contributed by atoms with E-state index in [1.165, 1.54) is 28.8 Å². The van der Waals surface area contributed by atoms with Gasteiger partial charge < -0.3 is 9.88 Å². The van der Waals surface area contributed by atoms with Crippen LogP contribution in [-0.4, -0.2) is 24.5 Å². The molecular weight excluding hydrogens is 344 g/mol. The zero-order valence-electron chi connectivity index (χ0n) is 14.4.